The number of likely N-dealkylation sites (N-methyl/N-ethyl adjacent to an activating group) is 1. The fourth-order valence-corrected chi connectivity index (χ4v) is 3.18. The zero-order valence-electron chi connectivity index (χ0n) is 10.2. The van der Waals surface area contributed by atoms with Gasteiger partial charge in [0.25, 0.3) is 0 Å². The first-order chi connectivity index (χ1) is 8.60. The van der Waals surface area contributed by atoms with Gasteiger partial charge in [-0.25, -0.2) is 8.78 Å². The third-order valence-electron chi connectivity index (χ3n) is 3.93. The molecule has 4 heteroatoms. The minimum atomic E-state index is -0.678. The van der Waals surface area contributed by atoms with Crippen molar-refractivity contribution < 1.29 is 13.9 Å². The maximum Gasteiger partial charge on any atom is 0.137 e. The van der Waals surface area contributed by atoms with E-state index in [0.29, 0.717) is 5.92 Å². The van der Waals surface area contributed by atoms with Crippen LogP contribution in [0.5, 0.6) is 5.75 Å². The number of fused-ring (bicyclic) bond motifs is 2. The van der Waals surface area contributed by atoms with Gasteiger partial charge in [0.1, 0.15) is 17.4 Å². The van der Waals surface area contributed by atoms with E-state index in [4.69, 9.17) is 0 Å². The summed E-state index contributed by atoms with van der Waals surface area (Å²) in [5.41, 5.74) is 0.765. The van der Waals surface area contributed by atoms with Gasteiger partial charge in [-0.15, -0.1) is 0 Å². The molecular weight excluding hydrogens is 236 g/mol. The van der Waals surface area contributed by atoms with Gasteiger partial charge in [0, 0.05) is 24.7 Å². The van der Waals surface area contributed by atoms with E-state index >= 15 is 0 Å². The largest absolute Gasteiger partial charge is 0.508 e. The first-order valence-electron chi connectivity index (χ1n) is 6.24. The van der Waals surface area contributed by atoms with E-state index in [1.807, 2.05) is 6.08 Å². The normalized spacial score (nSPS) is 26.7. The predicted octanol–water partition coefficient (Wildman–Crippen LogP) is 2.78. The van der Waals surface area contributed by atoms with Crippen LogP contribution in [-0.2, 0) is 0 Å². The van der Waals surface area contributed by atoms with Gasteiger partial charge < -0.3 is 5.11 Å². The number of nitrogens with zero attached hydrogens (tertiary/aromatic N) is 1. The monoisotopic (exact) mass is 251 g/mol. The summed E-state index contributed by atoms with van der Waals surface area (Å²) in [5.74, 6) is -1.33. The van der Waals surface area contributed by atoms with Crippen molar-refractivity contribution in [3.63, 3.8) is 0 Å². The Balaban J connectivity index is 2.05. The summed E-state index contributed by atoms with van der Waals surface area (Å²) in [7, 11) is 0. The van der Waals surface area contributed by atoms with Crippen molar-refractivity contribution in [3.8, 4) is 5.75 Å². The predicted molar refractivity (Wildman–Crippen MR) is 65.1 cm³/mol. The summed E-state index contributed by atoms with van der Waals surface area (Å²) in [6.45, 7) is 3.92. The van der Waals surface area contributed by atoms with Crippen LogP contribution in [0.25, 0.3) is 5.57 Å². The lowest BCUT2D eigenvalue weighted by Gasteiger charge is -2.27. The molecule has 0 amide bonds. The smallest absolute Gasteiger partial charge is 0.137 e. The van der Waals surface area contributed by atoms with Crippen LogP contribution in [0.15, 0.2) is 18.2 Å². The lowest BCUT2D eigenvalue weighted by atomic mass is 9.98. The van der Waals surface area contributed by atoms with Gasteiger partial charge in [-0.2, -0.15) is 0 Å². The minimum Gasteiger partial charge on any atom is -0.508 e. The molecule has 2 atom stereocenters. The number of rotatable bonds is 2. The molecule has 1 aliphatic carbocycles. The van der Waals surface area contributed by atoms with E-state index in [1.165, 1.54) is 0 Å². The maximum absolute atomic E-state index is 13.9. The summed E-state index contributed by atoms with van der Waals surface area (Å²) in [6, 6.07) is 2.07. The number of phenols is 1. The molecule has 1 heterocycles. The highest BCUT2D eigenvalue weighted by Crippen LogP contribution is 2.43. The van der Waals surface area contributed by atoms with E-state index in [2.05, 4.69) is 11.8 Å². The van der Waals surface area contributed by atoms with E-state index in [9.17, 15) is 13.9 Å². The molecule has 18 heavy (non-hydrogen) atoms. The van der Waals surface area contributed by atoms with Gasteiger partial charge in [0.15, 0.2) is 0 Å². The average molecular weight is 251 g/mol. The average Bonchev–Trinajstić information content (AvgIpc) is 2.86. The van der Waals surface area contributed by atoms with Crippen LogP contribution in [0.3, 0.4) is 0 Å². The van der Waals surface area contributed by atoms with Gasteiger partial charge in [-0.1, -0.05) is 13.0 Å². The van der Waals surface area contributed by atoms with Crippen LogP contribution in [0.4, 0.5) is 8.78 Å². The molecule has 0 saturated carbocycles. The quantitative estimate of drug-likeness (QED) is 0.873. The van der Waals surface area contributed by atoms with Crippen molar-refractivity contribution in [1.29, 1.82) is 0 Å². The number of benzene rings is 1. The van der Waals surface area contributed by atoms with E-state index < -0.39 is 11.6 Å². The second-order valence-corrected chi connectivity index (χ2v) is 5.01. The number of hydrogen-bond acceptors (Lipinski definition) is 2. The lowest BCUT2D eigenvalue weighted by molar-refractivity contribution is 0.301. The third-order valence-corrected chi connectivity index (χ3v) is 3.93. The number of hydrogen-bond donors (Lipinski definition) is 1. The SMILES string of the molecule is CCN1CC2C=C(c3c(F)cc(O)cc3F)C1C2. The number of phenolic OH excluding ortho intramolecular Hbond substituents is 1. The zero-order chi connectivity index (χ0) is 12.9. The van der Waals surface area contributed by atoms with Crippen LogP contribution in [0.2, 0.25) is 0 Å². The van der Waals surface area contributed by atoms with Crippen molar-refractivity contribution in [2.45, 2.75) is 19.4 Å². The van der Waals surface area contributed by atoms with Crippen molar-refractivity contribution in [1.82, 2.24) is 4.90 Å². The molecule has 1 aliphatic heterocycles. The molecule has 0 spiro atoms. The summed E-state index contributed by atoms with van der Waals surface area (Å²) >= 11 is 0. The summed E-state index contributed by atoms with van der Waals surface area (Å²) in [6.07, 6.45) is 2.93. The molecule has 1 aromatic rings. The molecule has 2 unspecified atom stereocenters. The molecule has 2 aliphatic rings. The molecule has 3 rings (SSSR count). The summed E-state index contributed by atoms with van der Waals surface area (Å²) in [5, 5.41) is 9.18. The van der Waals surface area contributed by atoms with Crippen LogP contribution in [0.1, 0.15) is 18.9 Å². The lowest BCUT2D eigenvalue weighted by Crippen LogP contribution is -2.32. The van der Waals surface area contributed by atoms with E-state index in [-0.39, 0.29) is 17.4 Å². The second kappa shape index (κ2) is 4.05. The second-order valence-electron chi connectivity index (χ2n) is 5.01. The van der Waals surface area contributed by atoms with Crippen LogP contribution >= 0.6 is 0 Å². The maximum atomic E-state index is 13.9. The highest BCUT2D eigenvalue weighted by molar-refractivity contribution is 5.74. The molecule has 1 saturated heterocycles. The summed E-state index contributed by atoms with van der Waals surface area (Å²) in [4.78, 5) is 2.24. The van der Waals surface area contributed by atoms with Crippen molar-refractivity contribution in [2.75, 3.05) is 13.1 Å². The van der Waals surface area contributed by atoms with Crippen LogP contribution < -0.4 is 0 Å². The van der Waals surface area contributed by atoms with Crippen molar-refractivity contribution in [2.24, 2.45) is 5.92 Å². The molecule has 0 aromatic heterocycles. The Bertz CT molecular complexity index is 504. The topological polar surface area (TPSA) is 23.5 Å². The fourth-order valence-electron chi connectivity index (χ4n) is 3.18. The van der Waals surface area contributed by atoms with Gasteiger partial charge in [-0.3, -0.25) is 4.90 Å². The Morgan fingerprint density at radius 2 is 2.00 bits per heavy atom. The van der Waals surface area contributed by atoms with Crippen molar-refractivity contribution in [3.05, 3.63) is 35.4 Å². The molecular formula is C14H15F2NO. The first-order valence-corrected chi connectivity index (χ1v) is 6.24. The van der Waals surface area contributed by atoms with Crippen LogP contribution in [-0.4, -0.2) is 29.1 Å². The molecule has 96 valence electrons. The molecule has 1 aromatic carbocycles. The first kappa shape index (κ1) is 11.7. The number of aromatic hydroxyl groups is 1. The van der Waals surface area contributed by atoms with Crippen LogP contribution in [0, 0.1) is 17.6 Å². The molecule has 2 nitrogen and oxygen atoms in total. The fraction of sp³-hybridized carbons (Fsp3) is 0.429. The van der Waals surface area contributed by atoms with E-state index in [1.54, 1.807) is 0 Å². The summed E-state index contributed by atoms with van der Waals surface area (Å²) < 4.78 is 27.7. The third kappa shape index (κ3) is 1.63. The molecule has 1 fully saturated rings. The number of likely N-dealkylation sites (tertiary alicyclic amines) is 1. The minimum absolute atomic E-state index is 0.0263. The zero-order valence-corrected chi connectivity index (χ0v) is 10.2. The highest BCUT2D eigenvalue weighted by atomic mass is 19.1. The Hall–Kier alpha value is -1.42. The van der Waals surface area contributed by atoms with Gasteiger partial charge in [-0.05, 0) is 24.5 Å². The van der Waals surface area contributed by atoms with Gasteiger partial charge in [0.05, 0.1) is 5.56 Å². The van der Waals surface area contributed by atoms with Gasteiger partial charge in [0.2, 0.25) is 0 Å². The van der Waals surface area contributed by atoms with Crippen molar-refractivity contribution >= 4 is 5.57 Å². The Morgan fingerprint density at radius 1 is 1.33 bits per heavy atom. The highest BCUT2D eigenvalue weighted by Gasteiger charge is 2.40. The Labute approximate surface area is 105 Å². The standard InChI is InChI=1S/C14H15F2NO/c1-2-17-7-8-3-10(13(17)4-8)14-11(15)5-9(18)6-12(14)16/h3,5-6,8,13,18H,2,4,7H2,1H3. The van der Waals surface area contributed by atoms with Gasteiger partial charge >= 0.3 is 0 Å². The van der Waals surface area contributed by atoms with E-state index in [0.717, 1.165) is 37.2 Å². The molecule has 0 radical (unpaired) electrons. The molecule has 1 N–H and O–H groups in total. The number of halogens is 2. The Kier molecular flexibility index (Phi) is 2.63. The molecule has 2 bridgehead atoms. The Morgan fingerprint density at radius 3 is 2.56 bits per heavy atom.